The molecular weight excluding hydrogens is 406 g/mol. The molecule has 2 aromatic carbocycles. The molecular formula is C21H18ClN5O3. The summed E-state index contributed by atoms with van der Waals surface area (Å²) in [4.78, 5) is 29.4. The highest BCUT2D eigenvalue weighted by Crippen LogP contribution is 2.17. The third kappa shape index (κ3) is 4.04. The maximum absolute atomic E-state index is 12.8. The second kappa shape index (κ2) is 8.38. The van der Waals surface area contributed by atoms with Crippen LogP contribution in [0.15, 0.2) is 65.8 Å². The second-order valence-corrected chi connectivity index (χ2v) is 6.92. The van der Waals surface area contributed by atoms with Crippen LogP contribution in [0.1, 0.15) is 12.5 Å². The smallest absolute Gasteiger partial charge is 0.283 e. The average molecular weight is 424 g/mol. The number of carbonyl (C=O) groups is 1. The van der Waals surface area contributed by atoms with E-state index in [-0.39, 0.29) is 17.7 Å². The van der Waals surface area contributed by atoms with Gasteiger partial charge >= 0.3 is 0 Å². The first-order chi connectivity index (χ1) is 14.5. The van der Waals surface area contributed by atoms with Gasteiger partial charge in [0.2, 0.25) is 5.91 Å². The fourth-order valence-electron chi connectivity index (χ4n) is 3.02. The quantitative estimate of drug-likeness (QED) is 0.515. The summed E-state index contributed by atoms with van der Waals surface area (Å²) >= 11 is 6.04. The molecule has 0 unspecified atom stereocenters. The fraction of sp³-hybridized carbons (Fsp3) is 0.143. The van der Waals surface area contributed by atoms with Crippen molar-refractivity contribution in [2.75, 3.05) is 12.0 Å². The zero-order valence-electron chi connectivity index (χ0n) is 16.1. The Labute approximate surface area is 176 Å². The van der Waals surface area contributed by atoms with Crippen molar-refractivity contribution >= 4 is 28.5 Å². The SMILES string of the molecule is CCOc1ccc(CC(=O)Nn2cnc3c(cnn3-c3cccc(Cl)c3)c2=O)cc1. The lowest BCUT2D eigenvalue weighted by atomic mass is 10.1. The van der Waals surface area contributed by atoms with Crippen molar-refractivity contribution < 1.29 is 9.53 Å². The molecule has 8 nitrogen and oxygen atoms in total. The van der Waals surface area contributed by atoms with Crippen LogP contribution in [0.4, 0.5) is 0 Å². The van der Waals surface area contributed by atoms with Crippen molar-refractivity contribution in [3.8, 4) is 11.4 Å². The van der Waals surface area contributed by atoms with Crippen molar-refractivity contribution in [3.05, 3.63) is 82.0 Å². The fourth-order valence-corrected chi connectivity index (χ4v) is 3.20. The van der Waals surface area contributed by atoms with Gasteiger partial charge in [0.05, 0.1) is 24.9 Å². The Bertz CT molecular complexity index is 1260. The lowest BCUT2D eigenvalue weighted by Gasteiger charge is -2.09. The molecule has 1 N–H and O–H groups in total. The molecule has 0 saturated heterocycles. The number of amides is 1. The summed E-state index contributed by atoms with van der Waals surface area (Å²) in [7, 11) is 0. The number of ether oxygens (including phenoxy) is 1. The maximum Gasteiger partial charge on any atom is 0.283 e. The summed E-state index contributed by atoms with van der Waals surface area (Å²) in [6.07, 6.45) is 2.79. The number of nitrogens with one attached hydrogen (secondary N) is 1. The first-order valence-corrected chi connectivity index (χ1v) is 9.66. The predicted octanol–water partition coefficient (Wildman–Crippen LogP) is 2.95. The number of benzene rings is 2. The maximum atomic E-state index is 12.8. The lowest BCUT2D eigenvalue weighted by Crippen LogP contribution is -2.34. The van der Waals surface area contributed by atoms with Gasteiger partial charge in [-0.3, -0.25) is 15.0 Å². The van der Waals surface area contributed by atoms with E-state index in [0.717, 1.165) is 16.0 Å². The van der Waals surface area contributed by atoms with Crippen LogP contribution in [0.3, 0.4) is 0 Å². The van der Waals surface area contributed by atoms with E-state index in [0.29, 0.717) is 23.0 Å². The molecule has 30 heavy (non-hydrogen) atoms. The third-order valence-corrected chi connectivity index (χ3v) is 4.62. The first kappa shape index (κ1) is 19.7. The van der Waals surface area contributed by atoms with Crippen LogP contribution < -0.4 is 15.7 Å². The number of hydrogen-bond donors (Lipinski definition) is 1. The van der Waals surface area contributed by atoms with Gasteiger partial charge in [0.1, 0.15) is 17.5 Å². The molecule has 0 aliphatic carbocycles. The summed E-state index contributed by atoms with van der Waals surface area (Å²) in [6, 6.07) is 14.3. The predicted molar refractivity (Wildman–Crippen MR) is 114 cm³/mol. The highest BCUT2D eigenvalue weighted by molar-refractivity contribution is 6.30. The summed E-state index contributed by atoms with van der Waals surface area (Å²) in [5.74, 6) is 0.397. The summed E-state index contributed by atoms with van der Waals surface area (Å²) in [5, 5.41) is 5.06. The van der Waals surface area contributed by atoms with E-state index in [9.17, 15) is 9.59 Å². The Kier molecular flexibility index (Phi) is 5.49. The molecule has 0 fully saturated rings. The first-order valence-electron chi connectivity index (χ1n) is 9.28. The Morgan fingerprint density at radius 3 is 2.73 bits per heavy atom. The highest BCUT2D eigenvalue weighted by Gasteiger charge is 2.13. The van der Waals surface area contributed by atoms with Crippen molar-refractivity contribution in [1.82, 2.24) is 19.4 Å². The summed E-state index contributed by atoms with van der Waals surface area (Å²) < 4.78 is 7.97. The number of carbonyl (C=O) groups excluding carboxylic acids is 1. The Hall–Kier alpha value is -3.65. The summed E-state index contributed by atoms with van der Waals surface area (Å²) in [6.45, 7) is 2.48. The standard InChI is InChI=1S/C21H18ClN5O3/c1-2-30-17-8-6-14(7-9-17)10-19(28)25-26-13-23-20-18(21(26)29)12-24-27(20)16-5-3-4-15(22)11-16/h3-9,11-13H,2,10H2,1H3,(H,25,28). The topological polar surface area (TPSA) is 91.0 Å². The minimum Gasteiger partial charge on any atom is -0.494 e. The van der Waals surface area contributed by atoms with E-state index in [2.05, 4.69) is 15.5 Å². The molecule has 2 heterocycles. The van der Waals surface area contributed by atoms with Crippen LogP contribution in [-0.2, 0) is 11.2 Å². The number of rotatable bonds is 6. The van der Waals surface area contributed by atoms with Gasteiger partial charge in [-0.2, -0.15) is 5.10 Å². The van der Waals surface area contributed by atoms with Crippen LogP contribution >= 0.6 is 11.6 Å². The van der Waals surface area contributed by atoms with Crippen LogP contribution in [0.2, 0.25) is 5.02 Å². The third-order valence-electron chi connectivity index (χ3n) is 4.39. The van der Waals surface area contributed by atoms with Gasteiger partial charge in [-0.1, -0.05) is 29.8 Å². The zero-order chi connectivity index (χ0) is 21.1. The molecule has 4 rings (SSSR count). The van der Waals surface area contributed by atoms with Crippen LogP contribution in [0.5, 0.6) is 5.75 Å². The van der Waals surface area contributed by atoms with E-state index >= 15 is 0 Å². The van der Waals surface area contributed by atoms with E-state index in [1.54, 1.807) is 30.3 Å². The normalized spacial score (nSPS) is 10.9. The summed E-state index contributed by atoms with van der Waals surface area (Å²) in [5.41, 5.74) is 3.99. The minimum atomic E-state index is -0.423. The molecule has 0 radical (unpaired) electrons. The van der Waals surface area contributed by atoms with E-state index in [1.807, 2.05) is 25.1 Å². The molecule has 4 aromatic rings. The highest BCUT2D eigenvalue weighted by atomic mass is 35.5. The Balaban J connectivity index is 1.54. The molecule has 0 aliphatic heterocycles. The number of fused-ring (bicyclic) bond motifs is 1. The van der Waals surface area contributed by atoms with Gasteiger partial charge in [0.15, 0.2) is 5.65 Å². The number of aromatic nitrogens is 4. The Morgan fingerprint density at radius 2 is 2.00 bits per heavy atom. The number of hydrogen-bond acceptors (Lipinski definition) is 5. The van der Waals surface area contributed by atoms with Crippen molar-refractivity contribution in [1.29, 1.82) is 0 Å². The van der Waals surface area contributed by atoms with Gasteiger partial charge < -0.3 is 4.74 Å². The molecule has 0 aliphatic rings. The van der Waals surface area contributed by atoms with Gasteiger partial charge in [0.25, 0.3) is 5.56 Å². The number of nitrogens with zero attached hydrogens (tertiary/aromatic N) is 4. The van der Waals surface area contributed by atoms with Crippen LogP contribution in [-0.4, -0.2) is 32.0 Å². The van der Waals surface area contributed by atoms with Crippen molar-refractivity contribution in [2.45, 2.75) is 13.3 Å². The molecule has 0 bridgehead atoms. The molecule has 0 saturated carbocycles. The van der Waals surface area contributed by atoms with Crippen molar-refractivity contribution in [3.63, 3.8) is 0 Å². The average Bonchev–Trinajstić information content (AvgIpc) is 3.17. The lowest BCUT2D eigenvalue weighted by molar-refractivity contribution is -0.116. The van der Waals surface area contributed by atoms with E-state index in [1.165, 1.54) is 17.2 Å². The molecule has 2 aromatic heterocycles. The minimum absolute atomic E-state index is 0.110. The monoisotopic (exact) mass is 423 g/mol. The molecule has 152 valence electrons. The molecule has 0 atom stereocenters. The van der Waals surface area contributed by atoms with E-state index in [4.69, 9.17) is 16.3 Å². The van der Waals surface area contributed by atoms with E-state index < -0.39 is 5.56 Å². The molecule has 9 heteroatoms. The van der Waals surface area contributed by atoms with Gasteiger partial charge in [-0.25, -0.2) is 14.3 Å². The molecule has 1 amide bonds. The second-order valence-electron chi connectivity index (χ2n) is 6.48. The Morgan fingerprint density at radius 1 is 1.20 bits per heavy atom. The number of halogens is 1. The molecule has 0 spiro atoms. The van der Waals surface area contributed by atoms with Gasteiger partial charge in [0, 0.05) is 5.02 Å². The van der Waals surface area contributed by atoms with Crippen LogP contribution in [0.25, 0.3) is 16.7 Å². The van der Waals surface area contributed by atoms with Gasteiger partial charge in [-0.15, -0.1) is 0 Å². The zero-order valence-corrected chi connectivity index (χ0v) is 16.8. The van der Waals surface area contributed by atoms with Gasteiger partial charge in [-0.05, 0) is 42.8 Å². The van der Waals surface area contributed by atoms with Crippen molar-refractivity contribution in [2.24, 2.45) is 0 Å². The largest absolute Gasteiger partial charge is 0.494 e. The van der Waals surface area contributed by atoms with Crippen LogP contribution in [0, 0.1) is 0 Å².